The Kier molecular flexibility index (Phi) is 8.40. The highest BCUT2D eigenvalue weighted by atomic mass is 19.1. The van der Waals surface area contributed by atoms with E-state index in [-0.39, 0.29) is 30.1 Å². The lowest BCUT2D eigenvalue weighted by Crippen LogP contribution is -2.56. The molecule has 5 heteroatoms. The summed E-state index contributed by atoms with van der Waals surface area (Å²) < 4.78 is 19.8. The maximum atomic E-state index is 13.9. The molecule has 0 aromatic heterocycles. The zero-order valence-corrected chi connectivity index (χ0v) is 21.3. The number of allylic oxidation sites excluding steroid dienone is 1. The molecule has 2 saturated carbocycles. The Morgan fingerprint density at radius 2 is 1.81 bits per heavy atom. The fourth-order valence-electron chi connectivity index (χ4n) is 6.17. The van der Waals surface area contributed by atoms with E-state index in [0.717, 1.165) is 56.9 Å². The van der Waals surface area contributed by atoms with Crippen molar-refractivity contribution in [1.82, 2.24) is 5.32 Å². The van der Waals surface area contributed by atoms with Gasteiger partial charge in [0.2, 0.25) is 0 Å². The number of ether oxygens (including phenoxy) is 1. The molecule has 4 nitrogen and oxygen atoms in total. The van der Waals surface area contributed by atoms with Crippen molar-refractivity contribution >= 4 is 11.8 Å². The highest BCUT2D eigenvalue weighted by Crippen LogP contribution is 2.51. The van der Waals surface area contributed by atoms with Gasteiger partial charge in [0.05, 0.1) is 12.0 Å². The largest absolute Gasteiger partial charge is 0.458 e. The van der Waals surface area contributed by atoms with Crippen molar-refractivity contribution in [2.24, 2.45) is 11.8 Å². The minimum atomic E-state index is -0.583. The smallest absolute Gasteiger partial charge is 0.317 e. The zero-order chi connectivity index (χ0) is 25.6. The van der Waals surface area contributed by atoms with Crippen molar-refractivity contribution in [3.63, 3.8) is 0 Å². The van der Waals surface area contributed by atoms with Crippen LogP contribution in [0.3, 0.4) is 0 Å². The molecule has 0 radical (unpaired) electrons. The fraction of sp³-hybridized carbons (Fsp3) is 0.484. The summed E-state index contributed by atoms with van der Waals surface area (Å²) in [5, 5.41) is 3.20. The molecule has 36 heavy (non-hydrogen) atoms. The minimum Gasteiger partial charge on any atom is -0.458 e. The number of benzene rings is 2. The van der Waals surface area contributed by atoms with E-state index in [0.29, 0.717) is 12.1 Å². The molecule has 2 unspecified atom stereocenters. The second-order valence-corrected chi connectivity index (χ2v) is 10.7. The van der Waals surface area contributed by atoms with Gasteiger partial charge in [-0.1, -0.05) is 74.2 Å². The van der Waals surface area contributed by atoms with E-state index in [4.69, 9.17) is 4.74 Å². The van der Waals surface area contributed by atoms with Crippen LogP contribution in [0.5, 0.6) is 0 Å². The Balaban J connectivity index is 1.40. The highest BCUT2D eigenvalue weighted by molar-refractivity contribution is 5.97. The molecule has 0 bridgehead atoms. The van der Waals surface area contributed by atoms with Crippen LogP contribution in [0.1, 0.15) is 74.2 Å². The lowest BCUT2D eigenvalue weighted by Gasteiger charge is -2.52. The van der Waals surface area contributed by atoms with Crippen molar-refractivity contribution in [2.45, 2.75) is 69.3 Å². The van der Waals surface area contributed by atoms with Crippen molar-refractivity contribution in [3.05, 3.63) is 84.2 Å². The van der Waals surface area contributed by atoms with Crippen LogP contribution in [0.25, 0.3) is 0 Å². The van der Waals surface area contributed by atoms with Crippen molar-refractivity contribution in [2.75, 3.05) is 13.1 Å². The van der Waals surface area contributed by atoms with Gasteiger partial charge in [0, 0.05) is 11.5 Å². The van der Waals surface area contributed by atoms with E-state index in [1.165, 1.54) is 12.1 Å². The molecule has 0 saturated heterocycles. The molecule has 2 fully saturated rings. The van der Waals surface area contributed by atoms with E-state index in [2.05, 4.69) is 24.0 Å². The SMILES string of the molecule is C=CC1C[C@](C)(OC(=O)C2(c3ccccc3)CCCCCC2)C1CCNCC(=O)c1cccc(F)c1. The quantitative estimate of drug-likeness (QED) is 0.137. The van der Waals surface area contributed by atoms with E-state index in [1.807, 2.05) is 31.2 Å². The van der Waals surface area contributed by atoms with Crippen LogP contribution in [0.15, 0.2) is 67.3 Å². The first-order chi connectivity index (χ1) is 17.4. The Morgan fingerprint density at radius 1 is 1.08 bits per heavy atom. The number of halogens is 1. The predicted octanol–water partition coefficient (Wildman–Crippen LogP) is 6.40. The van der Waals surface area contributed by atoms with Crippen LogP contribution >= 0.6 is 0 Å². The van der Waals surface area contributed by atoms with Gasteiger partial charge in [-0.15, -0.1) is 6.58 Å². The number of nitrogens with one attached hydrogen (secondary N) is 1. The Morgan fingerprint density at radius 3 is 2.47 bits per heavy atom. The number of carbonyl (C=O) groups excluding carboxylic acids is 2. The molecule has 0 spiro atoms. The van der Waals surface area contributed by atoms with Crippen LogP contribution in [-0.2, 0) is 14.9 Å². The summed E-state index contributed by atoms with van der Waals surface area (Å²) in [6.45, 7) is 6.79. The molecule has 0 heterocycles. The number of ketones is 1. The molecular weight excluding hydrogens is 453 g/mol. The van der Waals surface area contributed by atoms with Crippen molar-refractivity contribution in [3.8, 4) is 0 Å². The van der Waals surface area contributed by atoms with Crippen molar-refractivity contribution in [1.29, 1.82) is 0 Å². The van der Waals surface area contributed by atoms with E-state index >= 15 is 0 Å². The number of Topliss-reactive ketones (excluding diaryl/α,β-unsaturated/α-hetero) is 1. The normalized spacial score (nSPS) is 25.3. The first kappa shape index (κ1) is 26.3. The molecule has 4 rings (SSSR count). The molecule has 0 amide bonds. The highest BCUT2D eigenvalue weighted by Gasteiger charge is 2.54. The Hall–Kier alpha value is -2.79. The predicted molar refractivity (Wildman–Crippen MR) is 140 cm³/mol. The minimum absolute atomic E-state index is 0.0974. The summed E-state index contributed by atoms with van der Waals surface area (Å²) in [6.07, 6.45) is 9.49. The molecule has 1 N–H and O–H groups in total. The summed E-state index contributed by atoms with van der Waals surface area (Å²) in [5.74, 6) is -0.251. The van der Waals surface area contributed by atoms with Gasteiger partial charge in [-0.3, -0.25) is 9.59 Å². The van der Waals surface area contributed by atoms with Crippen LogP contribution < -0.4 is 5.32 Å². The summed E-state index contributed by atoms with van der Waals surface area (Å²) in [5.41, 5.74) is 0.288. The molecule has 2 aromatic rings. The van der Waals surface area contributed by atoms with Gasteiger partial charge in [0.25, 0.3) is 0 Å². The van der Waals surface area contributed by atoms with Gasteiger partial charge >= 0.3 is 5.97 Å². The zero-order valence-electron chi connectivity index (χ0n) is 21.3. The van der Waals surface area contributed by atoms with Gasteiger partial charge in [-0.05, 0) is 62.8 Å². The topological polar surface area (TPSA) is 55.4 Å². The van der Waals surface area contributed by atoms with Crippen LogP contribution in [0, 0.1) is 17.7 Å². The third kappa shape index (κ3) is 5.62. The fourth-order valence-corrected chi connectivity index (χ4v) is 6.17. The molecule has 2 aliphatic carbocycles. The van der Waals surface area contributed by atoms with Crippen LogP contribution in [0.4, 0.5) is 4.39 Å². The van der Waals surface area contributed by atoms with E-state index < -0.39 is 16.8 Å². The summed E-state index contributed by atoms with van der Waals surface area (Å²) >= 11 is 0. The van der Waals surface area contributed by atoms with Gasteiger partial charge in [0.1, 0.15) is 11.4 Å². The molecule has 2 aromatic carbocycles. The molecule has 192 valence electrons. The van der Waals surface area contributed by atoms with E-state index in [1.54, 1.807) is 12.1 Å². The first-order valence-corrected chi connectivity index (χ1v) is 13.3. The summed E-state index contributed by atoms with van der Waals surface area (Å²) in [4.78, 5) is 26.3. The monoisotopic (exact) mass is 491 g/mol. The van der Waals surface area contributed by atoms with Gasteiger partial charge in [-0.25, -0.2) is 4.39 Å². The second-order valence-electron chi connectivity index (χ2n) is 10.7. The Bertz CT molecular complexity index is 1060. The lowest BCUT2D eigenvalue weighted by atomic mass is 9.60. The number of esters is 1. The van der Waals surface area contributed by atoms with E-state index in [9.17, 15) is 14.0 Å². The third-order valence-electron chi connectivity index (χ3n) is 8.31. The third-order valence-corrected chi connectivity index (χ3v) is 8.31. The second kappa shape index (κ2) is 11.5. The average Bonchev–Trinajstić information content (AvgIpc) is 3.15. The van der Waals surface area contributed by atoms with Gasteiger partial charge < -0.3 is 10.1 Å². The van der Waals surface area contributed by atoms with Gasteiger partial charge in [-0.2, -0.15) is 0 Å². The number of hydrogen-bond acceptors (Lipinski definition) is 4. The molecule has 2 aliphatic rings. The van der Waals surface area contributed by atoms with Crippen molar-refractivity contribution < 1.29 is 18.7 Å². The Labute approximate surface area is 214 Å². The average molecular weight is 492 g/mol. The van der Waals surface area contributed by atoms with Gasteiger partial charge in [0.15, 0.2) is 5.78 Å². The lowest BCUT2D eigenvalue weighted by molar-refractivity contribution is -0.194. The maximum Gasteiger partial charge on any atom is 0.317 e. The van der Waals surface area contributed by atoms with Crippen LogP contribution in [-0.4, -0.2) is 30.4 Å². The number of carbonyl (C=O) groups is 2. The number of hydrogen-bond donors (Lipinski definition) is 1. The molecular formula is C31H38FNO3. The summed E-state index contributed by atoms with van der Waals surface area (Å²) in [7, 11) is 0. The maximum absolute atomic E-state index is 13.9. The first-order valence-electron chi connectivity index (χ1n) is 13.3. The molecule has 0 aliphatic heterocycles. The summed E-state index contributed by atoms with van der Waals surface area (Å²) in [6, 6.07) is 15.9. The standard InChI is InChI=1S/C31H38FNO3/c1-3-23-21-30(2,27(23)16-19-33-22-28(34)24-12-11-15-26(32)20-24)36-29(35)31(17-9-4-5-10-18-31)25-13-7-6-8-14-25/h3,6-8,11-15,20,23,27,33H,1,4-5,9-10,16-19,21-22H2,2H3/t23?,27?,30-/m0/s1. The van der Waals surface area contributed by atoms with Crippen LogP contribution in [0.2, 0.25) is 0 Å². The molecule has 3 atom stereocenters. The number of rotatable bonds is 10.